The molecule has 4 rings (SSSR count). The molecule has 0 aliphatic carbocycles. The van der Waals surface area contributed by atoms with Crippen LogP contribution in [0.15, 0.2) is 92.0 Å². The summed E-state index contributed by atoms with van der Waals surface area (Å²) in [6, 6.07) is 27.4. The van der Waals surface area contributed by atoms with E-state index in [1.54, 1.807) is 0 Å². The molecule has 26 heavy (non-hydrogen) atoms. The highest BCUT2D eigenvalue weighted by molar-refractivity contribution is 5.97. The van der Waals surface area contributed by atoms with Gasteiger partial charge in [-0.3, -0.25) is 0 Å². The molecule has 0 aliphatic rings. The maximum absolute atomic E-state index is 4.04. The molecule has 1 aromatic heterocycles. The molecular formula is C25H23N. The van der Waals surface area contributed by atoms with Gasteiger partial charge in [-0.05, 0) is 41.5 Å². The Hall–Kier alpha value is -3.32. The van der Waals surface area contributed by atoms with Crippen LogP contribution in [0.5, 0.6) is 0 Å². The van der Waals surface area contributed by atoms with Crippen LogP contribution in [0, 0.1) is 0 Å². The Morgan fingerprint density at radius 2 is 1.35 bits per heavy atom. The zero-order valence-electron chi connectivity index (χ0n) is 14.0. The summed E-state index contributed by atoms with van der Waals surface area (Å²) in [6.45, 7) is 8.07. The first-order valence-electron chi connectivity index (χ1n) is 8.37. The third kappa shape index (κ3) is 2.78. The first-order valence-corrected chi connectivity index (χ1v) is 8.37. The lowest BCUT2D eigenvalue weighted by Crippen LogP contribution is -1.96. The van der Waals surface area contributed by atoms with Gasteiger partial charge in [-0.25, -0.2) is 0 Å². The van der Waals surface area contributed by atoms with Crippen LogP contribution in [0.25, 0.3) is 39.9 Å². The van der Waals surface area contributed by atoms with E-state index in [0.29, 0.717) is 0 Å². The lowest BCUT2D eigenvalue weighted by atomic mass is 10.0. The summed E-state index contributed by atoms with van der Waals surface area (Å²) in [5.74, 6) is 0. The van der Waals surface area contributed by atoms with Crippen molar-refractivity contribution in [2.75, 3.05) is 0 Å². The van der Waals surface area contributed by atoms with E-state index in [1.165, 1.54) is 16.5 Å². The van der Waals surface area contributed by atoms with Gasteiger partial charge < -0.3 is 4.57 Å². The third-order valence-electron chi connectivity index (χ3n) is 4.56. The Kier molecular flexibility index (Phi) is 4.90. The summed E-state index contributed by atoms with van der Waals surface area (Å²) in [7, 11) is 0. The van der Waals surface area contributed by atoms with Crippen LogP contribution in [0.4, 0.5) is 0 Å². The molecule has 1 heteroatoms. The fourth-order valence-electron chi connectivity index (χ4n) is 3.42. The van der Waals surface area contributed by atoms with Crippen LogP contribution < -0.4 is 0 Å². The van der Waals surface area contributed by atoms with Gasteiger partial charge in [-0.15, -0.1) is 0 Å². The fraction of sp³-hybridized carbons (Fsp3) is 0.0400. The van der Waals surface area contributed by atoms with E-state index in [9.17, 15) is 0 Å². The maximum Gasteiger partial charge on any atom is 0.0541 e. The number of hydrogen-bond donors (Lipinski definition) is 0. The quantitative estimate of drug-likeness (QED) is 0.370. The van der Waals surface area contributed by atoms with E-state index in [-0.39, 0.29) is 7.43 Å². The highest BCUT2D eigenvalue weighted by atomic mass is 15.0. The Bertz CT molecular complexity index is 1050. The molecule has 3 aromatic carbocycles. The molecule has 0 unspecified atom stereocenters. The Labute approximate surface area is 155 Å². The molecule has 0 spiro atoms. The molecule has 0 amide bonds. The second-order valence-corrected chi connectivity index (χ2v) is 5.98. The molecule has 0 N–H and O–H groups in total. The van der Waals surface area contributed by atoms with Crippen molar-refractivity contribution < 1.29 is 0 Å². The Balaban J connectivity index is 0.00000196. The van der Waals surface area contributed by atoms with Crippen LogP contribution in [-0.2, 0) is 0 Å². The lowest BCUT2D eigenvalue weighted by Gasteiger charge is -2.09. The van der Waals surface area contributed by atoms with Crippen molar-refractivity contribution in [3.8, 4) is 16.8 Å². The first kappa shape index (κ1) is 17.5. The molecule has 1 heterocycles. The van der Waals surface area contributed by atoms with Crippen LogP contribution in [0.2, 0.25) is 0 Å². The minimum Gasteiger partial charge on any atom is -0.309 e. The summed E-state index contributed by atoms with van der Waals surface area (Å²) in [4.78, 5) is 0. The average molecular weight is 337 g/mol. The second kappa shape index (κ2) is 7.28. The first-order chi connectivity index (χ1) is 12.3. The largest absolute Gasteiger partial charge is 0.309 e. The average Bonchev–Trinajstić information content (AvgIpc) is 3.02. The molecule has 0 saturated carbocycles. The standard InChI is InChI=1S/C24H19N.CH4/c1-3-21-22-17-19(18-11-7-5-8-12-18)15-16-24(22)25(23(21)4-2)20-13-9-6-10-14-20;/h3-17H,1-2H2;1H4. The van der Waals surface area contributed by atoms with Gasteiger partial charge in [0.25, 0.3) is 0 Å². The number of fused-ring (bicyclic) bond motifs is 1. The van der Waals surface area contributed by atoms with Gasteiger partial charge in [0, 0.05) is 16.6 Å². The van der Waals surface area contributed by atoms with Gasteiger partial charge >= 0.3 is 0 Å². The lowest BCUT2D eigenvalue weighted by molar-refractivity contribution is 1.11. The van der Waals surface area contributed by atoms with E-state index >= 15 is 0 Å². The van der Waals surface area contributed by atoms with Crippen molar-refractivity contribution in [1.82, 2.24) is 4.57 Å². The van der Waals surface area contributed by atoms with Gasteiger partial charge in [0.05, 0.1) is 11.2 Å². The monoisotopic (exact) mass is 337 g/mol. The molecule has 0 saturated heterocycles. The van der Waals surface area contributed by atoms with E-state index in [2.05, 4.69) is 84.5 Å². The zero-order chi connectivity index (χ0) is 17.2. The van der Waals surface area contributed by atoms with Crippen molar-refractivity contribution in [1.29, 1.82) is 0 Å². The summed E-state index contributed by atoms with van der Waals surface area (Å²) in [5, 5.41) is 1.19. The third-order valence-corrected chi connectivity index (χ3v) is 4.56. The van der Waals surface area contributed by atoms with Crippen molar-refractivity contribution in [3.05, 3.63) is 103 Å². The molecule has 128 valence electrons. The molecule has 0 radical (unpaired) electrons. The normalized spacial score (nSPS) is 10.3. The van der Waals surface area contributed by atoms with Gasteiger partial charge in [0.15, 0.2) is 0 Å². The fourth-order valence-corrected chi connectivity index (χ4v) is 3.42. The van der Waals surface area contributed by atoms with Crippen molar-refractivity contribution in [2.24, 2.45) is 0 Å². The van der Waals surface area contributed by atoms with Crippen molar-refractivity contribution >= 4 is 23.1 Å². The Morgan fingerprint density at radius 3 is 1.96 bits per heavy atom. The maximum atomic E-state index is 4.04. The predicted octanol–water partition coefficient (Wildman–Crippen LogP) is 7.22. The minimum atomic E-state index is 0. The molecule has 0 aliphatic heterocycles. The van der Waals surface area contributed by atoms with E-state index < -0.39 is 0 Å². The summed E-state index contributed by atoms with van der Waals surface area (Å²) in [5.41, 5.74) is 6.90. The van der Waals surface area contributed by atoms with E-state index in [1.807, 2.05) is 24.3 Å². The van der Waals surface area contributed by atoms with Crippen LogP contribution in [0.3, 0.4) is 0 Å². The topological polar surface area (TPSA) is 4.93 Å². The highest BCUT2D eigenvalue weighted by Crippen LogP contribution is 2.34. The summed E-state index contributed by atoms with van der Waals surface area (Å²) in [6.07, 6.45) is 3.83. The van der Waals surface area contributed by atoms with Gasteiger partial charge in [0.2, 0.25) is 0 Å². The number of nitrogens with zero attached hydrogens (tertiary/aromatic N) is 1. The van der Waals surface area contributed by atoms with Gasteiger partial charge in [-0.2, -0.15) is 0 Å². The van der Waals surface area contributed by atoms with Crippen LogP contribution >= 0.6 is 0 Å². The van der Waals surface area contributed by atoms with Crippen molar-refractivity contribution in [3.63, 3.8) is 0 Å². The molecule has 1 nitrogen and oxygen atoms in total. The molecule has 0 atom stereocenters. The van der Waals surface area contributed by atoms with Crippen molar-refractivity contribution in [2.45, 2.75) is 7.43 Å². The van der Waals surface area contributed by atoms with Gasteiger partial charge in [0.1, 0.15) is 0 Å². The summed E-state index contributed by atoms with van der Waals surface area (Å²) >= 11 is 0. The predicted molar refractivity (Wildman–Crippen MR) is 116 cm³/mol. The molecule has 0 fully saturated rings. The number of para-hydroxylation sites is 1. The molecule has 4 aromatic rings. The molecular weight excluding hydrogens is 314 g/mol. The van der Waals surface area contributed by atoms with E-state index in [0.717, 1.165) is 22.5 Å². The molecule has 0 bridgehead atoms. The van der Waals surface area contributed by atoms with Gasteiger partial charge in [-0.1, -0.05) is 81.3 Å². The summed E-state index contributed by atoms with van der Waals surface area (Å²) < 4.78 is 2.24. The van der Waals surface area contributed by atoms with Crippen LogP contribution in [0.1, 0.15) is 18.7 Å². The number of hydrogen-bond acceptors (Lipinski definition) is 0. The SMILES string of the molecule is C.C=Cc1c(C=C)n(-c2ccccc2)c2ccc(-c3ccccc3)cc12. The van der Waals surface area contributed by atoms with Crippen LogP contribution in [-0.4, -0.2) is 4.57 Å². The zero-order valence-corrected chi connectivity index (χ0v) is 14.0. The Morgan fingerprint density at radius 1 is 0.692 bits per heavy atom. The minimum absolute atomic E-state index is 0. The number of rotatable bonds is 4. The highest BCUT2D eigenvalue weighted by Gasteiger charge is 2.15. The van der Waals surface area contributed by atoms with E-state index in [4.69, 9.17) is 0 Å². The number of aromatic nitrogens is 1. The number of benzene rings is 3. The second-order valence-electron chi connectivity index (χ2n) is 5.98. The smallest absolute Gasteiger partial charge is 0.0541 e.